The maximum Gasteiger partial charge on any atom is 0.307 e. The van der Waals surface area contributed by atoms with Gasteiger partial charge in [-0.25, -0.2) is 0 Å². The summed E-state index contributed by atoms with van der Waals surface area (Å²) in [4.78, 5) is 24.0. The number of carboxylic acid groups (broad SMARTS) is 1. The molecule has 1 aromatic rings. The number of halogens is 1. The Hall–Kier alpha value is -1.42. The Morgan fingerprint density at radius 2 is 1.55 bits per heavy atom. The van der Waals surface area contributed by atoms with Crippen molar-refractivity contribution in [2.45, 2.75) is 26.7 Å². The lowest BCUT2D eigenvalue weighted by atomic mass is 9.73. The van der Waals surface area contributed by atoms with E-state index >= 15 is 0 Å². The fourth-order valence-corrected chi connectivity index (χ4v) is 2.92. The van der Waals surface area contributed by atoms with Gasteiger partial charge in [0, 0.05) is 16.0 Å². The number of allylic oxidation sites excluding steroid dienone is 2. The lowest BCUT2D eigenvalue weighted by Gasteiger charge is -2.29. The third-order valence-electron chi connectivity index (χ3n) is 4.05. The molecular formula is C16H17BrO3. The van der Waals surface area contributed by atoms with Crippen molar-refractivity contribution < 1.29 is 14.7 Å². The largest absolute Gasteiger partial charge is 0.481 e. The van der Waals surface area contributed by atoms with Crippen molar-refractivity contribution in [1.29, 1.82) is 0 Å². The van der Waals surface area contributed by atoms with Crippen molar-refractivity contribution in [3.63, 3.8) is 0 Å². The van der Waals surface area contributed by atoms with Crippen molar-refractivity contribution in [3.8, 4) is 0 Å². The van der Waals surface area contributed by atoms with E-state index in [0.717, 1.165) is 15.6 Å². The molecule has 0 spiro atoms. The number of ketones is 1. The molecule has 0 radical (unpaired) electrons. The monoisotopic (exact) mass is 336 g/mol. The summed E-state index contributed by atoms with van der Waals surface area (Å²) in [6, 6.07) is 7.09. The number of hydrogen-bond donors (Lipinski definition) is 1. The summed E-state index contributed by atoms with van der Waals surface area (Å²) in [5.74, 6) is -2.03. The Kier molecular flexibility index (Phi) is 4.43. The molecule has 4 heteroatoms. The molecule has 1 aliphatic carbocycles. The van der Waals surface area contributed by atoms with Gasteiger partial charge in [0.15, 0.2) is 5.78 Å². The van der Waals surface area contributed by atoms with Crippen molar-refractivity contribution >= 4 is 27.7 Å². The first-order chi connectivity index (χ1) is 9.40. The number of rotatable bonds is 3. The molecule has 0 amide bonds. The molecule has 0 unspecified atom stereocenters. The van der Waals surface area contributed by atoms with Crippen LogP contribution in [0.2, 0.25) is 0 Å². The van der Waals surface area contributed by atoms with E-state index in [1.54, 1.807) is 24.3 Å². The topological polar surface area (TPSA) is 54.4 Å². The number of carbonyl (C=O) groups is 2. The van der Waals surface area contributed by atoms with Gasteiger partial charge in [0.05, 0.1) is 5.92 Å². The Bertz CT molecular complexity index is 572. The highest BCUT2D eigenvalue weighted by Crippen LogP contribution is 2.36. The third-order valence-corrected chi connectivity index (χ3v) is 4.58. The molecule has 2 atom stereocenters. The van der Waals surface area contributed by atoms with Crippen molar-refractivity contribution in [3.05, 3.63) is 45.4 Å². The predicted octanol–water partition coefficient (Wildman–Crippen LogP) is 4.08. The van der Waals surface area contributed by atoms with Gasteiger partial charge in [-0.2, -0.15) is 0 Å². The van der Waals surface area contributed by atoms with Gasteiger partial charge >= 0.3 is 5.97 Å². The van der Waals surface area contributed by atoms with Gasteiger partial charge in [0.2, 0.25) is 0 Å². The van der Waals surface area contributed by atoms with Gasteiger partial charge < -0.3 is 5.11 Å². The van der Waals surface area contributed by atoms with Gasteiger partial charge in [-0.3, -0.25) is 9.59 Å². The number of hydrogen-bond acceptors (Lipinski definition) is 2. The number of carbonyl (C=O) groups excluding carboxylic acids is 1. The molecule has 106 valence electrons. The predicted molar refractivity (Wildman–Crippen MR) is 80.7 cm³/mol. The lowest BCUT2D eigenvalue weighted by molar-refractivity contribution is -0.143. The molecule has 0 bridgehead atoms. The summed E-state index contributed by atoms with van der Waals surface area (Å²) in [7, 11) is 0. The van der Waals surface area contributed by atoms with Gasteiger partial charge in [0.25, 0.3) is 0 Å². The van der Waals surface area contributed by atoms with E-state index in [-0.39, 0.29) is 5.78 Å². The van der Waals surface area contributed by atoms with Crippen LogP contribution in [0.15, 0.2) is 39.9 Å². The Balaban J connectivity index is 2.31. The minimum absolute atomic E-state index is 0.0725. The van der Waals surface area contributed by atoms with Crippen LogP contribution in [0.1, 0.15) is 37.0 Å². The molecular weight excluding hydrogens is 320 g/mol. The summed E-state index contributed by atoms with van der Waals surface area (Å²) in [6.45, 7) is 3.93. The summed E-state index contributed by atoms with van der Waals surface area (Å²) >= 11 is 3.33. The zero-order chi connectivity index (χ0) is 14.9. The highest BCUT2D eigenvalue weighted by Gasteiger charge is 2.37. The van der Waals surface area contributed by atoms with Crippen molar-refractivity contribution in [2.75, 3.05) is 0 Å². The van der Waals surface area contributed by atoms with E-state index in [0.29, 0.717) is 18.4 Å². The molecule has 1 aliphatic rings. The van der Waals surface area contributed by atoms with Gasteiger partial charge in [-0.05, 0) is 38.8 Å². The molecule has 3 nitrogen and oxygen atoms in total. The zero-order valence-corrected chi connectivity index (χ0v) is 13.1. The molecule has 0 aliphatic heterocycles. The third kappa shape index (κ3) is 3.01. The average Bonchev–Trinajstić information content (AvgIpc) is 2.41. The molecule has 0 saturated carbocycles. The minimum Gasteiger partial charge on any atom is -0.481 e. The molecule has 0 saturated heterocycles. The molecule has 20 heavy (non-hydrogen) atoms. The van der Waals surface area contributed by atoms with Crippen LogP contribution >= 0.6 is 15.9 Å². The second-order valence-electron chi connectivity index (χ2n) is 5.39. The number of aliphatic carboxylic acids is 1. The number of benzene rings is 1. The number of carboxylic acids is 1. The Labute approximate surface area is 126 Å². The smallest absolute Gasteiger partial charge is 0.307 e. The van der Waals surface area contributed by atoms with E-state index in [1.165, 1.54) is 0 Å². The summed E-state index contributed by atoms with van der Waals surface area (Å²) in [6.07, 6.45) is 1.01. The quantitative estimate of drug-likeness (QED) is 0.668. The van der Waals surface area contributed by atoms with E-state index in [4.69, 9.17) is 0 Å². The average molecular weight is 337 g/mol. The molecule has 1 N–H and O–H groups in total. The van der Waals surface area contributed by atoms with Gasteiger partial charge in [-0.1, -0.05) is 39.2 Å². The van der Waals surface area contributed by atoms with Crippen molar-refractivity contribution in [2.24, 2.45) is 11.8 Å². The Morgan fingerprint density at radius 3 is 2.05 bits per heavy atom. The van der Waals surface area contributed by atoms with Gasteiger partial charge in [-0.15, -0.1) is 0 Å². The first kappa shape index (κ1) is 15.0. The summed E-state index contributed by atoms with van der Waals surface area (Å²) < 4.78 is 0.902. The van der Waals surface area contributed by atoms with E-state index < -0.39 is 17.8 Å². The van der Waals surface area contributed by atoms with Crippen LogP contribution in [0.4, 0.5) is 0 Å². The highest BCUT2D eigenvalue weighted by atomic mass is 79.9. The van der Waals surface area contributed by atoms with Crippen LogP contribution in [0.25, 0.3) is 0 Å². The zero-order valence-electron chi connectivity index (χ0n) is 11.5. The molecule has 0 aromatic heterocycles. The fourth-order valence-electron chi connectivity index (χ4n) is 2.66. The molecule has 2 rings (SSSR count). The maximum absolute atomic E-state index is 12.6. The van der Waals surface area contributed by atoms with Gasteiger partial charge in [0.1, 0.15) is 0 Å². The van der Waals surface area contributed by atoms with E-state index in [9.17, 15) is 14.7 Å². The normalized spacial score (nSPS) is 22.8. The van der Waals surface area contributed by atoms with Crippen LogP contribution in [0.5, 0.6) is 0 Å². The van der Waals surface area contributed by atoms with Crippen LogP contribution in [0.3, 0.4) is 0 Å². The molecule has 1 aromatic carbocycles. The van der Waals surface area contributed by atoms with Crippen LogP contribution in [0, 0.1) is 11.8 Å². The second kappa shape index (κ2) is 5.92. The molecule has 0 heterocycles. The Morgan fingerprint density at radius 1 is 1.05 bits per heavy atom. The number of Topliss-reactive ketones (excluding diaryl/α,β-unsaturated/α-hetero) is 1. The van der Waals surface area contributed by atoms with Crippen LogP contribution < -0.4 is 0 Å². The minimum atomic E-state index is -0.882. The maximum atomic E-state index is 12.6. The SMILES string of the molecule is CC1=C(C)C[C@@H](C(=O)c2ccc(Br)cc2)[C@H](C(=O)O)C1. The summed E-state index contributed by atoms with van der Waals surface area (Å²) in [5, 5.41) is 9.37. The molecule has 0 fully saturated rings. The first-order valence-electron chi connectivity index (χ1n) is 6.58. The fraction of sp³-hybridized carbons (Fsp3) is 0.375. The lowest BCUT2D eigenvalue weighted by Crippen LogP contribution is -2.33. The second-order valence-corrected chi connectivity index (χ2v) is 6.31. The highest BCUT2D eigenvalue weighted by molar-refractivity contribution is 9.10. The first-order valence-corrected chi connectivity index (χ1v) is 7.37. The van der Waals surface area contributed by atoms with Crippen LogP contribution in [-0.4, -0.2) is 16.9 Å². The standard InChI is InChI=1S/C16H17BrO3/c1-9-7-13(14(16(19)20)8-10(9)2)15(18)11-3-5-12(17)6-4-11/h3-6,13-14H,7-8H2,1-2H3,(H,19,20)/t13-,14-/m1/s1. The van der Waals surface area contributed by atoms with E-state index in [1.807, 2.05) is 13.8 Å². The van der Waals surface area contributed by atoms with Crippen LogP contribution in [-0.2, 0) is 4.79 Å². The van der Waals surface area contributed by atoms with E-state index in [2.05, 4.69) is 15.9 Å². The van der Waals surface area contributed by atoms with Crippen molar-refractivity contribution in [1.82, 2.24) is 0 Å². The summed E-state index contributed by atoms with van der Waals surface area (Å²) in [5.41, 5.74) is 2.81.